The van der Waals surface area contributed by atoms with E-state index in [0.29, 0.717) is 12.8 Å². The average Bonchev–Trinajstić information content (AvgIpc) is 2.66. The van der Waals surface area contributed by atoms with Gasteiger partial charge in [-0.25, -0.2) is 8.42 Å². The maximum atomic E-state index is 11.8. The van der Waals surface area contributed by atoms with Crippen molar-refractivity contribution in [1.29, 1.82) is 0 Å². The SMILES string of the molecule is CC1CCCN(CCC(=O)NC2CCS(=O)(=O)C2)C1. The summed E-state index contributed by atoms with van der Waals surface area (Å²) in [6, 6.07) is -0.169. The molecule has 0 aromatic rings. The van der Waals surface area contributed by atoms with Crippen molar-refractivity contribution >= 4 is 15.7 Å². The Morgan fingerprint density at radius 3 is 2.79 bits per heavy atom. The van der Waals surface area contributed by atoms with E-state index in [4.69, 9.17) is 0 Å². The van der Waals surface area contributed by atoms with Crippen LogP contribution in [0, 0.1) is 5.92 Å². The first-order valence-electron chi connectivity index (χ1n) is 7.17. The van der Waals surface area contributed by atoms with E-state index in [1.54, 1.807) is 0 Å². The Kier molecular flexibility index (Phi) is 4.84. The Labute approximate surface area is 115 Å². The molecule has 5 nitrogen and oxygen atoms in total. The average molecular weight is 288 g/mol. The van der Waals surface area contributed by atoms with E-state index in [-0.39, 0.29) is 23.5 Å². The topological polar surface area (TPSA) is 66.5 Å². The molecule has 2 heterocycles. The Hall–Kier alpha value is -0.620. The van der Waals surface area contributed by atoms with Crippen molar-refractivity contribution in [1.82, 2.24) is 10.2 Å². The van der Waals surface area contributed by atoms with E-state index in [9.17, 15) is 13.2 Å². The zero-order chi connectivity index (χ0) is 13.9. The van der Waals surface area contributed by atoms with Crippen LogP contribution in [-0.2, 0) is 14.6 Å². The lowest BCUT2D eigenvalue weighted by Gasteiger charge is -2.30. The van der Waals surface area contributed by atoms with E-state index < -0.39 is 9.84 Å². The molecule has 1 N–H and O–H groups in total. The molecule has 6 heteroatoms. The summed E-state index contributed by atoms with van der Waals surface area (Å²) in [6.07, 6.45) is 3.53. The summed E-state index contributed by atoms with van der Waals surface area (Å²) >= 11 is 0. The smallest absolute Gasteiger partial charge is 0.221 e. The van der Waals surface area contributed by atoms with Crippen LogP contribution in [0.15, 0.2) is 0 Å². The number of sulfone groups is 1. The number of nitrogens with one attached hydrogen (secondary N) is 1. The molecule has 19 heavy (non-hydrogen) atoms. The lowest BCUT2D eigenvalue weighted by atomic mass is 10.0. The molecule has 0 bridgehead atoms. The highest BCUT2D eigenvalue weighted by atomic mass is 32.2. The summed E-state index contributed by atoms with van der Waals surface area (Å²) in [5.41, 5.74) is 0. The van der Waals surface area contributed by atoms with E-state index in [2.05, 4.69) is 17.1 Å². The fraction of sp³-hybridized carbons (Fsp3) is 0.923. The summed E-state index contributed by atoms with van der Waals surface area (Å²) in [7, 11) is -2.91. The van der Waals surface area contributed by atoms with Crippen LogP contribution in [0.1, 0.15) is 32.6 Å². The van der Waals surface area contributed by atoms with Gasteiger partial charge in [0.2, 0.25) is 5.91 Å². The molecule has 0 aliphatic carbocycles. The Bertz CT molecular complexity index is 422. The predicted molar refractivity (Wildman–Crippen MR) is 74.7 cm³/mol. The molecule has 2 saturated heterocycles. The van der Waals surface area contributed by atoms with Gasteiger partial charge in [-0.3, -0.25) is 4.79 Å². The van der Waals surface area contributed by atoms with Crippen molar-refractivity contribution in [3.05, 3.63) is 0 Å². The zero-order valence-electron chi connectivity index (χ0n) is 11.6. The number of nitrogens with zero attached hydrogens (tertiary/aromatic N) is 1. The maximum absolute atomic E-state index is 11.8. The van der Waals surface area contributed by atoms with Gasteiger partial charge in [0, 0.05) is 25.6 Å². The van der Waals surface area contributed by atoms with Crippen molar-refractivity contribution in [3.63, 3.8) is 0 Å². The number of piperidine rings is 1. The number of rotatable bonds is 4. The minimum Gasteiger partial charge on any atom is -0.352 e. The Morgan fingerprint density at radius 2 is 2.16 bits per heavy atom. The standard InChI is InChI=1S/C13H24N2O3S/c1-11-3-2-6-15(9-11)7-4-13(16)14-12-5-8-19(17,18)10-12/h11-12H,2-10H2,1H3,(H,14,16). The Morgan fingerprint density at radius 1 is 1.37 bits per heavy atom. The zero-order valence-corrected chi connectivity index (χ0v) is 12.4. The minimum absolute atomic E-state index is 0.0136. The van der Waals surface area contributed by atoms with E-state index in [1.165, 1.54) is 12.8 Å². The normalized spacial score (nSPS) is 31.2. The van der Waals surface area contributed by atoms with E-state index in [0.717, 1.165) is 25.6 Å². The van der Waals surface area contributed by atoms with Crippen molar-refractivity contribution in [2.45, 2.75) is 38.6 Å². The van der Waals surface area contributed by atoms with Crippen LogP contribution in [0.5, 0.6) is 0 Å². The third-order valence-corrected chi connectivity index (χ3v) is 5.76. The first kappa shape index (κ1) is 14.8. The van der Waals surface area contributed by atoms with Crippen LogP contribution >= 0.6 is 0 Å². The molecule has 2 aliphatic heterocycles. The van der Waals surface area contributed by atoms with Crippen LogP contribution in [0.4, 0.5) is 0 Å². The first-order chi connectivity index (χ1) is 8.94. The van der Waals surface area contributed by atoms with Crippen LogP contribution in [0.2, 0.25) is 0 Å². The number of likely N-dealkylation sites (tertiary alicyclic amines) is 1. The highest BCUT2D eigenvalue weighted by Gasteiger charge is 2.28. The van der Waals surface area contributed by atoms with Crippen LogP contribution in [-0.4, -0.2) is 56.4 Å². The second-order valence-corrected chi connectivity index (χ2v) is 8.19. The molecule has 0 saturated carbocycles. The fourth-order valence-electron chi connectivity index (χ4n) is 2.96. The van der Waals surface area contributed by atoms with Gasteiger partial charge in [-0.05, 0) is 31.7 Å². The van der Waals surface area contributed by atoms with Crippen molar-refractivity contribution in [2.24, 2.45) is 5.92 Å². The largest absolute Gasteiger partial charge is 0.352 e. The summed E-state index contributed by atoms with van der Waals surface area (Å²) in [5.74, 6) is 1.03. The first-order valence-corrected chi connectivity index (χ1v) is 8.99. The number of carbonyl (C=O) groups is 1. The molecule has 2 rings (SSSR count). The van der Waals surface area contributed by atoms with E-state index in [1.807, 2.05) is 0 Å². The molecular weight excluding hydrogens is 264 g/mol. The number of hydrogen-bond acceptors (Lipinski definition) is 4. The monoisotopic (exact) mass is 288 g/mol. The molecule has 2 atom stereocenters. The predicted octanol–water partition coefficient (Wildman–Crippen LogP) is 0.412. The highest BCUT2D eigenvalue weighted by molar-refractivity contribution is 7.91. The van der Waals surface area contributed by atoms with Gasteiger partial charge >= 0.3 is 0 Å². The lowest BCUT2D eigenvalue weighted by Crippen LogP contribution is -2.40. The molecule has 110 valence electrons. The Balaban J connectivity index is 1.67. The maximum Gasteiger partial charge on any atom is 0.221 e. The van der Waals surface area contributed by atoms with Crippen LogP contribution in [0.3, 0.4) is 0 Å². The van der Waals surface area contributed by atoms with Gasteiger partial charge in [0.1, 0.15) is 0 Å². The van der Waals surface area contributed by atoms with Gasteiger partial charge in [-0.2, -0.15) is 0 Å². The highest BCUT2D eigenvalue weighted by Crippen LogP contribution is 2.15. The number of hydrogen-bond donors (Lipinski definition) is 1. The third-order valence-electron chi connectivity index (χ3n) is 3.99. The summed E-state index contributed by atoms with van der Waals surface area (Å²) in [6.45, 7) is 5.19. The molecule has 1 amide bonds. The van der Waals surface area contributed by atoms with Crippen molar-refractivity contribution in [2.75, 3.05) is 31.1 Å². The van der Waals surface area contributed by atoms with Gasteiger partial charge in [-0.1, -0.05) is 6.92 Å². The summed E-state index contributed by atoms with van der Waals surface area (Å²) in [5, 5.41) is 2.84. The lowest BCUT2D eigenvalue weighted by molar-refractivity contribution is -0.122. The number of carbonyl (C=O) groups excluding carboxylic acids is 1. The van der Waals surface area contributed by atoms with Gasteiger partial charge < -0.3 is 10.2 Å². The molecule has 2 aliphatic rings. The quantitative estimate of drug-likeness (QED) is 0.814. The summed E-state index contributed by atoms with van der Waals surface area (Å²) < 4.78 is 22.6. The van der Waals surface area contributed by atoms with Gasteiger partial charge in [-0.15, -0.1) is 0 Å². The van der Waals surface area contributed by atoms with Crippen molar-refractivity contribution in [3.8, 4) is 0 Å². The second kappa shape index (κ2) is 6.22. The molecule has 2 unspecified atom stereocenters. The van der Waals surface area contributed by atoms with Crippen LogP contribution < -0.4 is 5.32 Å². The molecule has 0 aromatic carbocycles. The van der Waals surface area contributed by atoms with Crippen LogP contribution in [0.25, 0.3) is 0 Å². The van der Waals surface area contributed by atoms with Gasteiger partial charge in [0.05, 0.1) is 11.5 Å². The fourth-order valence-corrected chi connectivity index (χ4v) is 4.63. The van der Waals surface area contributed by atoms with Gasteiger partial charge in [0.15, 0.2) is 9.84 Å². The molecule has 0 spiro atoms. The third kappa shape index (κ3) is 4.76. The molecular formula is C13H24N2O3S. The van der Waals surface area contributed by atoms with Crippen molar-refractivity contribution < 1.29 is 13.2 Å². The number of amides is 1. The summed E-state index contributed by atoms with van der Waals surface area (Å²) in [4.78, 5) is 14.1. The van der Waals surface area contributed by atoms with E-state index >= 15 is 0 Å². The molecule has 2 fully saturated rings. The van der Waals surface area contributed by atoms with Gasteiger partial charge in [0.25, 0.3) is 0 Å². The molecule has 0 radical (unpaired) electrons. The minimum atomic E-state index is -2.91. The molecule has 0 aromatic heterocycles. The second-order valence-electron chi connectivity index (χ2n) is 5.97.